The van der Waals surface area contributed by atoms with Crippen LogP contribution < -0.4 is 19.5 Å². The van der Waals surface area contributed by atoms with Gasteiger partial charge >= 0.3 is 0 Å². The molecule has 2 aromatic carbocycles. The largest absolute Gasteiger partial charge is 0.494 e. The number of nitrogens with one attached hydrogen (secondary N) is 1. The van der Waals surface area contributed by atoms with Gasteiger partial charge in [-0.2, -0.15) is 5.10 Å². The number of benzene rings is 2. The summed E-state index contributed by atoms with van der Waals surface area (Å²) in [7, 11) is 0. The van der Waals surface area contributed by atoms with Gasteiger partial charge in [-0.1, -0.05) is 24.3 Å². The number of carbonyl (C=O) groups excluding carboxylic acids is 1. The summed E-state index contributed by atoms with van der Waals surface area (Å²) in [4.78, 5) is 12.7. The molecule has 1 amide bonds. The van der Waals surface area contributed by atoms with Crippen LogP contribution in [0.1, 0.15) is 40.3 Å². The van der Waals surface area contributed by atoms with Gasteiger partial charge in [0.25, 0.3) is 5.91 Å². The van der Waals surface area contributed by atoms with Crippen molar-refractivity contribution in [2.75, 3.05) is 13.4 Å². The lowest BCUT2D eigenvalue weighted by molar-refractivity contribution is -0.00128. The smallest absolute Gasteiger partial charge is 0.272 e. The molecule has 0 spiro atoms. The highest BCUT2D eigenvalue weighted by Gasteiger charge is 2.26. The Labute approximate surface area is 179 Å². The summed E-state index contributed by atoms with van der Waals surface area (Å²) in [5.41, 5.74) is 3.16. The molecule has 3 heterocycles. The molecule has 0 saturated carbocycles. The topological polar surface area (TPSA) is 83.8 Å². The van der Waals surface area contributed by atoms with Crippen LogP contribution in [0.5, 0.6) is 17.2 Å². The number of para-hydroxylation sites is 1. The number of amides is 1. The van der Waals surface area contributed by atoms with Crippen LogP contribution in [0.15, 0.2) is 48.5 Å². The highest BCUT2D eigenvalue weighted by molar-refractivity contribution is 5.92. The summed E-state index contributed by atoms with van der Waals surface area (Å²) in [5, 5.41) is 7.44. The van der Waals surface area contributed by atoms with E-state index in [-0.39, 0.29) is 18.8 Å². The Morgan fingerprint density at radius 2 is 2.06 bits per heavy atom. The average molecular weight is 421 g/mol. The van der Waals surface area contributed by atoms with Crippen LogP contribution >= 0.6 is 0 Å². The fourth-order valence-corrected chi connectivity index (χ4v) is 3.76. The van der Waals surface area contributed by atoms with Crippen LogP contribution in [-0.4, -0.2) is 29.1 Å². The molecule has 0 aliphatic carbocycles. The van der Waals surface area contributed by atoms with E-state index in [1.54, 1.807) is 6.07 Å². The second kappa shape index (κ2) is 8.31. The number of hydrogen-bond donors (Lipinski definition) is 1. The Morgan fingerprint density at radius 1 is 1.19 bits per heavy atom. The zero-order valence-electron chi connectivity index (χ0n) is 17.2. The fraction of sp³-hybridized carbons (Fsp3) is 0.304. The van der Waals surface area contributed by atoms with Crippen molar-refractivity contribution >= 4 is 5.91 Å². The SMILES string of the molecule is CCOc1ccccc1CNC(=O)c1cc2n(n1)C[C@H](c1ccc3c(c1)OCO3)OC2. The molecule has 2 aliphatic rings. The van der Waals surface area contributed by atoms with Crippen molar-refractivity contribution in [1.29, 1.82) is 0 Å². The lowest BCUT2D eigenvalue weighted by atomic mass is 10.1. The quantitative estimate of drug-likeness (QED) is 0.658. The van der Waals surface area contributed by atoms with E-state index in [2.05, 4.69) is 10.4 Å². The third-order valence-electron chi connectivity index (χ3n) is 5.35. The van der Waals surface area contributed by atoms with Gasteiger partial charge in [-0.15, -0.1) is 0 Å². The highest BCUT2D eigenvalue weighted by atomic mass is 16.7. The van der Waals surface area contributed by atoms with Gasteiger partial charge in [0.05, 0.1) is 25.5 Å². The van der Waals surface area contributed by atoms with Gasteiger partial charge in [0, 0.05) is 12.1 Å². The number of rotatable bonds is 6. The minimum absolute atomic E-state index is 0.170. The number of ether oxygens (including phenoxy) is 4. The number of nitrogens with zero attached hydrogens (tertiary/aromatic N) is 2. The molecule has 8 heteroatoms. The Hall–Kier alpha value is -3.52. The Bertz CT molecular complexity index is 1110. The summed E-state index contributed by atoms with van der Waals surface area (Å²) < 4.78 is 24.3. The molecule has 0 radical (unpaired) electrons. The molecular formula is C23H23N3O5. The normalized spacial score (nSPS) is 16.6. The first-order valence-corrected chi connectivity index (χ1v) is 10.3. The molecule has 1 aromatic heterocycles. The van der Waals surface area contributed by atoms with Gasteiger partial charge in [-0.3, -0.25) is 9.48 Å². The third kappa shape index (κ3) is 3.94. The standard InChI is InChI=1S/C23H23N3O5/c1-2-28-19-6-4-3-5-16(19)11-24-23(27)18-10-17-13-29-22(12-26(17)25-18)15-7-8-20-21(9-15)31-14-30-20/h3-10,22H,2,11-14H2,1H3,(H,24,27)/t22-/m1/s1. The second-order valence-electron chi connectivity index (χ2n) is 7.34. The van der Waals surface area contributed by atoms with Gasteiger partial charge in [0.15, 0.2) is 17.2 Å². The molecule has 3 aromatic rings. The van der Waals surface area contributed by atoms with E-state index in [1.165, 1.54) is 0 Å². The molecule has 5 rings (SSSR count). The second-order valence-corrected chi connectivity index (χ2v) is 7.34. The molecular weight excluding hydrogens is 398 g/mol. The van der Waals surface area contributed by atoms with Crippen LogP contribution in [0.25, 0.3) is 0 Å². The fourth-order valence-electron chi connectivity index (χ4n) is 3.76. The zero-order chi connectivity index (χ0) is 21.2. The molecule has 31 heavy (non-hydrogen) atoms. The van der Waals surface area contributed by atoms with Crippen molar-refractivity contribution in [3.05, 3.63) is 71.0 Å². The van der Waals surface area contributed by atoms with Gasteiger partial charge in [-0.05, 0) is 36.8 Å². The van der Waals surface area contributed by atoms with Crippen molar-refractivity contribution in [2.24, 2.45) is 0 Å². The number of hydrogen-bond acceptors (Lipinski definition) is 6. The van der Waals surface area contributed by atoms with Crippen LogP contribution in [0.3, 0.4) is 0 Å². The van der Waals surface area contributed by atoms with Crippen molar-refractivity contribution in [3.63, 3.8) is 0 Å². The maximum Gasteiger partial charge on any atom is 0.272 e. The lowest BCUT2D eigenvalue weighted by Gasteiger charge is -2.24. The Kier molecular flexibility index (Phi) is 5.21. The first kappa shape index (κ1) is 19.4. The molecule has 8 nitrogen and oxygen atoms in total. The van der Waals surface area contributed by atoms with Crippen molar-refractivity contribution in [3.8, 4) is 17.2 Å². The summed E-state index contributed by atoms with van der Waals surface area (Å²) in [6, 6.07) is 15.2. The molecule has 160 valence electrons. The van der Waals surface area contributed by atoms with Crippen LogP contribution in [0.4, 0.5) is 0 Å². The first-order chi connectivity index (χ1) is 15.2. The predicted octanol–water partition coefficient (Wildman–Crippen LogP) is 3.21. The lowest BCUT2D eigenvalue weighted by Crippen LogP contribution is -2.24. The molecule has 2 aliphatic heterocycles. The maximum atomic E-state index is 12.7. The van der Waals surface area contributed by atoms with E-state index in [0.29, 0.717) is 32.0 Å². The van der Waals surface area contributed by atoms with Crippen LogP contribution in [0, 0.1) is 0 Å². The number of fused-ring (bicyclic) bond motifs is 2. The summed E-state index contributed by atoms with van der Waals surface area (Å²) in [5.74, 6) is 2.01. The van der Waals surface area contributed by atoms with Crippen molar-refractivity contribution in [2.45, 2.75) is 32.7 Å². The van der Waals surface area contributed by atoms with Crippen LogP contribution in [-0.2, 0) is 24.4 Å². The average Bonchev–Trinajstić information content (AvgIpc) is 3.44. The Morgan fingerprint density at radius 3 is 2.97 bits per heavy atom. The Balaban J connectivity index is 1.26. The third-order valence-corrected chi connectivity index (χ3v) is 5.35. The molecule has 0 unspecified atom stereocenters. The van der Waals surface area contributed by atoms with Gasteiger partial charge < -0.3 is 24.3 Å². The summed E-state index contributed by atoms with van der Waals surface area (Å²) in [6.45, 7) is 4.02. The highest BCUT2D eigenvalue weighted by Crippen LogP contribution is 2.36. The van der Waals surface area contributed by atoms with E-state index in [0.717, 1.165) is 34.1 Å². The summed E-state index contributed by atoms with van der Waals surface area (Å²) in [6.07, 6.45) is -0.170. The molecule has 1 N–H and O–H groups in total. The number of aromatic nitrogens is 2. The summed E-state index contributed by atoms with van der Waals surface area (Å²) >= 11 is 0. The minimum Gasteiger partial charge on any atom is -0.494 e. The van der Waals surface area contributed by atoms with Crippen molar-refractivity contribution in [1.82, 2.24) is 15.1 Å². The molecule has 0 fully saturated rings. The molecule has 1 atom stereocenters. The van der Waals surface area contributed by atoms with E-state index >= 15 is 0 Å². The van der Waals surface area contributed by atoms with Crippen LogP contribution in [0.2, 0.25) is 0 Å². The minimum atomic E-state index is -0.229. The zero-order valence-corrected chi connectivity index (χ0v) is 17.2. The first-order valence-electron chi connectivity index (χ1n) is 10.3. The van der Waals surface area contributed by atoms with Gasteiger partial charge in [-0.25, -0.2) is 0 Å². The molecule has 0 bridgehead atoms. The van der Waals surface area contributed by atoms with E-state index in [1.807, 2.05) is 54.1 Å². The molecule has 0 saturated heterocycles. The van der Waals surface area contributed by atoms with E-state index < -0.39 is 0 Å². The van der Waals surface area contributed by atoms with E-state index in [4.69, 9.17) is 18.9 Å². The van der Waals surface area contributed by atoms with Gasteiger partial charge in [0.1, 0.15) is 11.9 Å². The monoisotopic (exact) mass is 421 g/mol. The van der Waals surface area contributed by atoms with E-state index in [9.17, 15) is 4.79 Å². The van der Waals surface area contributed by atoms with Crippen molar-refractivity contribution < 1.29 is 23.7 Å². The number of carbonyl (C=O) groups is 1. The maximum absolute atomic E-state index is 12.7. The predicted molar refractivity (Wildman–Crippen MR) is 111 cm³/mol. The van der Waals surface area contributed by atoms with Gasteiger partial charge in [0.2, 0.25) is 6.79 Å².